The number of allylic oxidation sites excluding steroid dienone is 2. The lowest BCUT2D eigenvalue weighted by Crippen LogP contribution is -2.30. The lowest BCUT2D eigenvalue weighted by Gasteiger charge is -2.18. The summed E-state index contributed by atoms with van der Waals surface area (Å²) in [5, 5.41) is 9.21. The van der Waals surface area contributed by atoms with E-state index in [4.69, 9.17) is 5.73 Å². The molecule has 3 heteroatoms. The summed E-state index contributed by atoms with van der Waals surface area (Å²) in [7, 11) is 0. The Hall–Kier alpha value is -0.830. The third-order valence-electron chi connectivity index (χ3n) is 6.37. The number of rotatable bonds is 23. The lowest BCUT2D eigenvalue weighted by atomic mass is 9.88. The van der Waals surface area contributed by atoms with E-state index in [0.29, 0.717) is 0 Å². The summed E-state index contributed by atoms with van der Waals surface area (Å²) in [5.74, 6) is -0.441. The smallest absolute Gasteiger partial charge is 0.220 e. The van der Waals surface area contributed by atoms with E-state index in [1.807, 2.05) is 6.92 Å². The van der Waals surface area contributed by atoms with Crippen molar-refractivity contribution in [1.82, 2.24) is 0 Å². The summed E-state index contributed by atoms with van der Waals surface area (Å²) in [6, 6.07) is 0. The van der Waals surface area contributed by atoms with Gasteiger partial charge in [-0.25, -0.2) is 0 Å². The third-order valence-corrected chi connectivity index (χ3v) is 6.37. The largest absolute Gasteiger partial charge is 0.396 e. The number of carbonyl (C=O) groups excluding carboxylic acids is 1. The van der Waals surface area contributed by atoms with Crippen molar-refractivity contribution < 1.29 is 9.90 Å². The number of nitrogens with two attached hydrogens (primary N) is 1. The normalized spacial score (nSPS) is 13.7. The average molecular weight is 424 g/mol. The molecule has 3 N–H and O–H groups in total. The standard InChI is InChI=1S/C27H53NO2/c1-3-4-5-6-7-8-9-10-11-12-13-14-15-16-17-18-19-20-21-22-23-26(27(28)30)25(2)24-29/h10-11,25-26,29H,3-9,12-24H2,1-2H3,(H2,28,30). The van der Waals surface area contributed by atoms with Gasteiger partial charge in [-0.15, -0.1) is 0 Å². The highest BCUT2D eigenvalue weighted by Gasteiger charge is 2.21. The highest BCUT2D eigenvalue weighted by atomic mass is 16.3. The zero-order valence-electron chi connectivity index (χ0n) is 20.4. The fraction of sp³-hybridized carbons (Fsp3) is 0.889. The van der Waals surface area contributed by atoms with E-state index in [-0.39, 0.29) is 24.3 Å². The molecule has 178 valence electrons. The van der Waals surface area contributed by atoms with Crippen LogP contribution in [0.5, 0.6) is 0 Å². The molecule has 0 radical (unpaired) electrons. The van der Waals surface area contributed by atoms with Crippen molar-refractivity contribution in [2.75, 3.05) is 6.61 Å². The van der Waals surface area contributed by atoms with Gasteiger partial charge in [-0.2, -0.15) is 0 Å². The van der Waals surface area contributed by atoms with E-state index < -0.39 is 0 Å². The molecular weight excluding hydrogens is 370 g/mol. The molecule has 1 amide bonds. The van der Waals surface area contributed by atoms with Crippen molar-refractivity contribution in [3.8, 4) is 0 Å². The molecule has 0 aliphatic rings. The summed E-state index contributed by atoms with van der Waals surface area (Å²) in [5.41, 5.74) is 5.44. The minimum atomic E-state index is -0.259. The highest BCUT2D eigenvalue weighted by molar-refractivity contribution is 5.76. The Labute approximate surface area is 188 Å². The van der Waals surface area contributed by atoms with E-state index in [0.717, 1.165) is 12.8 Å². The molecule has 0 aromatic carbocycles. The minimum absolute atomic E-state index is 0.0155. The molecule has 0 fully saturated rings. The maximum absolute atomic E-state index is 11.4. The van der Waals surface area contributed by atoms with Gasteiger partial charge in [0.25, 0.3) is 0 Å². The number of hydrogen-bond acceptors (Lipinski definition) is 2. The van der Waals surface area contributed by atoms with Gasteiger partial charge >= 0.3 is 0 Å². The molecule has 0 saturated heterocycles. The molecule has 0 heterocycles. The summed E-state index contributed by atoms with van der Waals surface area (Å²) >= 11 is 0. The van der Waals surface area contributed by atoms with Crippen LogP contribution in [0.2, 0.25) is 0 Å². The summed E-state index contributed by atoms with van der Waals surface area (Å²) < 4.78 is 0. The van der Waals surface area contributed by atoms with Crippen molar-refractivity contribution in [2.45, 2.75) is 136 Å². The molecule has 0 spiro atoms. The van der Waals surface area contributed by atoms with Crippen molar-refractivity contribution in [3.63, 3.8) is 0 Å². The van der Waals surface area contributed by atoms with Crippen LogP contribution in [0.3, 0.4) is 0 Å². The van der Waals surface area contributed by atoms with Gasteiger partial charge in [0, 0.05) is 12.5 Å². The molecule has 2 atom stereocenters. The molecule has 0 aliphatic heterocycles. The SMILES string of the molecule is CCCCCCCCC=CCCCCCCCCCCCCC(C(N)=O)C(C)CO. The Morgan fingerprint density at radius 1 is 0.733 bits per heavy atom. The molecular formula is C27H53NO2. The van der Waals surface area contributed by atoms with Crippen LogP contribution in [0, 0.1) is 11.8 Å². The van der Waals surface area contributed by atoms with Crippen molar-refractivity contribution in [3.05, 3.63) is 12.2 Å². The average Bonchev–Trinajstić information content (AvgIpc) is 2.74. The third kappa shape index (κ3) is 19.2. The molecule has 0 aromatic heterocycles. The van der Waals surface area contributed by atoms with Gasteiger partial charge in [-0.1, -0.05) is 116 Å². The van der Waals surface area contributed by atoms with E-state index in [9.17, 15) is 9.90 Å². The van der Waals surface area contributed by atoms with Crippen molar-refractivity contribution in [2.24, 2.45) is 17.6 Å². The number of amides is 1. The molecule has 0 saturated carbocycles. The number of unbranched alkanes of at least 4 members (excludes halogenated alkanes) is 16. The summed E-state index contributed by atoms with van der Waals surface area (Å²) in [4.78, 5) is 11.4. The predicted molar refractivity (Wildman–Crippen MR) is 131 cm³/mol. The van der Waals surface area contributed by atoms with E-state index in [1.54, 1.807) is 0 Å². The molecule has 0 aliphatic carbocycles. The molecule has 30 heavy (non-hydrogen) atoms. The fourth-order valence-electron chi connectivity index (χ4n) is 4.15. The lowest BCUT2D eigenvalue weighted by molar-refractivity contribution is -0.124. The molecule has 0 rings (SSSR count). The molecule has 2 unspecified atom stereocenters. The highest BCUT2D eigenvalue weighted by Crippen LogP contribution is 2.19. The van der Waals surface area contributed by atoms with Crippen molar-refractivity contribution in [1.29, 1.82) is 0 Å². The van der Waals surface area contributed by atoms with Crippen LogP contribution in [0.25, 0.3) is 0 Å². The fourth-order valence-corrected chi connectivity index (χ4v) is 4.15. The second kappa shape index (κ2) is 22.8. The number of primary amides is 1. The van der Waals surface area contributed by atoms with Crippen LogP contribution in [-0.2, 0) is 4.79 Å². The first-order valence-electron chi connectivity index (χ1n) is 13.2. The molecule has 0 aromatic rings. The van der Waals surface area contributed by atoms with E-state index in [1.165, 1.54) is 109 Å². The van der Waals surface area contributed by atoms with Gasteiger partial charge in [0.1, 0.15) is 0 Å². The van der Waals surface area contributed by atoms with Crippen molar-refractivity contribution >= 4 is 5.91 Å². The van der Waals surface area contributed by atoms with Gasteiger partial charge in [-0.3, -0.25) is 4.79 Å². The van der Waals surface area contributed by atoms with Crippen LogP contribution >= 0.6 is 0 Å². The molecule has 0 bridgehead atoms. The number of carbonyl (C=O) groups is 1. The second-order valence-corrected chi connectivity index (χ2v) is 9.31. The Morgan fingerprint density at radius 3 is 1.53 bits per heavy atom. The van der Waals surface area contributed by atoms with Crippen LogP contribution < -0.4 is 5.73 Å². The second-order valence-electron chi connectivity index (χ2n) is 9.31. The zero-order chi connectivity index (χ0) is 22.3. The van der Waals surface area contributed by atoms with Crippen LogP contribution in [0.1, 0.15) is 136 Å². The van der Waals surface area contributed by atoms with Gasteiger partial charge in [0.05, 0.1) is 0 Å². The van der Waals surface area contributed by atoms with Gasteiger partial charge < -0.3 is 10.8 Å². The van der Waals surface area contributed by atoms with Crippen LogP contribution in [0.15, 0.2) is 12.2 Å². The van der Waals surface area contributed by atoms with E-state index >= 15 is 0 Å². The first kappa shape index (κ1) is 29.2. The van der Waals surface area contributed by atoms with Crippen LogP contribution in [0.4, 0.5) is 0 Å². The Balaban J connectivity index is 3.29. The van der Waals surface area contributed by atoms with E-state index in [2.05, 4.69) is 19.1 Å². The number of hydrogen-bond donors (Lipinski definition) is 2. The summed E-state index contributed by atoms with van der Waals surface area (Å²) in [6.45, 7) is 4.23. The van der Waals surface area contributed by atoms with Gasteiger partial charge in [-0.05, 0) is 38.0 Å². The molecule has 3 nitrogen and oxygen atoms in total. The Kier molecular flexibility index (Phi) is 22.2. The maximum Gasteiger partial charge on any atom is 0.220 e. The first-order valence-corrected chi connectivity index (χ1v) is 13.2. The van der Waals surface area contributed by atoms with Gasteiger partial charge in [0.2, 0.25) is 5.91 Å². The monoisotopic (exact) mass is 423 g/mol. The zero-order valence-corrected chi connectivity index (χ0v) is 20.4. The maximum atomic E-state index is 11.4. The quantitative estimate of drug-likeness (QED) is 0.131. The Morgan fingerprint density at radius 2 is 1.13 bits per heavy atom. The first-order chi connectivity index (χ1) is 14.6. The number of aliphatic hydroxyl groups is 1. The minimum Gasteiger partial charge on any atom is -0.396 e. The predicted octanol–water partition coefficient (Wildman–Crippen LogP) is 7.70. The topological polar surface area (TPSA) is 63.3 Å². The van der Waals surface area contributed by atoms with Crippen LogP contribution in [-0.4, -0.2) is 17.6 Å². The number of aliphatic hydroxyl groups excluding tert-OH is 1. The van der Waals surface area contributed by atoms with Gasteiger partial charge in [0.15, 0.2) is 0 Å². The summed E-state index contributed by atoms with van der Waals surface area (Å²) in [6.07, 6.45) is 29.5. The Bertz CT molecular complexity index is 394.